The zero-order valence-corrected chi connectivity index (χ0v) is 25.5. The number of rotatable bonds is 15. The first-order valence-electron chi connectivity index (χ1n) is 15.9. The number of carboxylic acid groups (broad SMARTS) is 1. The number of piperidine rings is 1. The molecule has 9 heteroatoms. The lowest BCUT2D eigenvalue weighted by Crippen LogP contribution is -2.45. The van der Waals surface area contributed by atoms with Crippen LogP contribution in [-0.4, -0.2) is 84.1 Å². The number of carboxylic acids is 1. The van der Waals surface area contributed by atoms with Gasteiger partial charge in [0.15, 0.2) is 0 Å². The molecule has 228 valence electrons. The van der Waals surface area contributed by atoms with Gasteiger partial charge in [0.1, 0.15) is 11.6 Å². The average Bonchev–Trinajstić information content (AvgIpc) is 3.74. The monoisotopic (exact) mass is 575 g/mol. The lowest BCUT2D eigenvalue weighted by Gasteiger charge is -2.42. The molecule has 2 aliphatic rings. The summed E-state index contributed by atoms with van der Waals surface area (Å²) >= 11 is 0. The molecule has 2 saturated heterocycles. The van der Waals surface area contributed by atoms with Crippen LogP contribution in [0.1, 0.15) is 75.1 Å². The molecule has 3 aromatic rings. The number of hydrogen-bond donors (Lipinski definition) is 2. The zero-order chi connectivity index (χ0) is 29.4. The molecule has 0 atom stereocenters. The molecule has 0 radical (unpaired) electrons. The highest BCUT2D eigenvalue weighted by atomic mass is 16.4. The van der Waals surface area contributed by atoms with Crippen LogP contribution in [0.2, 0.25) is 0 Å². The lowest BCUT2D eigenvalue weighted by atomic mass is 9.77. The third kappa shape index (κ3) is 8.08. The first kappa shape index (κ1) is 30.4. The van der Waals surface area contributed by atoms with Crippen LogP contribution in [0.3, 0.4) is 0 Å². The fraction of sp³-hybridized carbons (Fsp3) is 0.606. The second-order valence-corrected chi connectivity index (χ2v) is 12.5. The van der Waals surface area contributed by atoms with Crippen LogP contribution in [0, 0.1) is 5.41 Å². The largest absolute Gasteiger partial charge is 0.481 e. The van der Waals surface area contributed by atoms with E-state index >= 15 is 0 Å². The first-order chi connectivity index (χ1) is 20.4. The van der Waals surface area contributed by atoms with Gasteiger partial charge in [-0.3, -0.25) is 9.69 Å². The van der Waals surface area contributed by atoms with Gasteiger partial charge in [-0.15, -0.1) is 0 Å². The van der Waals surface area contributed by atoms with E-state index in [1.54, 1.807) is 6.20 Å². The first-order valence-corrected chi connectivity index (χ1v) is 15.9. The Bertz CT molecular complexity index is 1230. The van der Waals surface area contributed by atoms with Crippen LogP contribution in [0.15, 0.2) is 49.1 Å². The second kappa shape index (κ2) is 14.4. The number of carbonyl (C=O) groups is 1. The summed E-state index contributed by atoms with van der Waals surface area (Å²) in [6, 6.07) is 8.64. The van der Waals surface area contributed by atoms with Gasteiger partial charge >= 0.3 is 5.97 Å². The molecular formula is C33H49N7O2. The van der Waals surface area contributed by atoms with Crippen LogP contribution >= 0.6 is 0 Å². The molecule has 0 bridgehead atoms. The van der Waals surface area contributed by atoms with Crippen LogP contribution in [0.5, 0.6) is 0 Å². The molecule has 1 aromatic carbocycles. The fourth-order valence-electron chi connectivity index (χ4n) is 7.11. The van der Waals surface area contributed by atoms with E-state index in [9.17, 15) is 4.79 Å². The average molecular weight is 576 g/mol. The molecule has 0 saturated carbocycles. The molecule has 2 fully saturated rings. The van der Waals surface area contributed by atoms with Gasteiger partial charge in [-0.25, -0.2) is 9.97 Å². The maximum absolute atomic E-state index is 11.1. The number of aromatic nitrogens is 4. The molecule has 1 spiro atoms. The quantitative estimate of drug-likeness (QED) is 0.269. The summed E-state index contributed by atoms with van der Waals surface area (Å²) in [4.78, 5) is 31.3. The molecule has 2 aliphatic heterocycles. The number of hydrogen-bond acceptors (Lipinski definition) is 6. The Morgan fingerprint density at radius 1 is 0.976 bits per heavy atom. The van der Waals surface area contributed by atoms with E-state index in [0.717, 1.165) is 54.9 Å². The summed E-state index contributed by atoms with van der Waals surface area (Å²) in [5.41, 5.74) is 2.50. The highest BCUT2D eigenvalue weighted by Crippen LogP contribution is 2.41. The number of aryl methyl sites for hydroxylation is 1. The predicted molar refractivity (Wildman–Crippen MR) is 165 cm³/mol. The molecule has 5 rings (SSSR count). The van der Waals surface area contributed by atoms with Crippen molar-refractivity contribution < 1.29 is 9.90 Å². The van der Waals surface area contributed by atoms with Gasteiger partial charge in [0.2, 0.25) is 0 Å². The van der Waals surface area contributed by atoms with Crippen LogP contribution < -0.4 is 0 Å². The van der Waals surface area contributed by atoms with E-state index in [2.05, 4.69) is 49.3 Å². The predicted octanol–water partition coefficient (Wildman–Crippen LogP) is 4.80. The Labute approximate surface area is 251 Å². The maximum atomic E-state index is 11.1. The van der Waals surface area contributed by atoms with E-state index in [-0.39, 0.29) is 6.42 Å². The molecule has 2 N–H and O–H groups in total. The number of nitrogens with one attached hydrogen (secondary N) is 1. The summed E-state index contributed by atoms with van der Waals surface area (Å²) in [5, 5.41) is 9.09. The lowest BCUT2D eigenvalue weighted by molar-refractivity contribution is -0.136. The van der Waals surface area contributed by atoms with Crippen molar-refractivity contribution in [1.29, 1.82) is 0 Å². The molecule has 4 heterocycles. The standard InChI is InChI=1S/C33H49N7O2/c1-3-29(4-2)39-19-11-33(12-20-39)10-18-37(26-33)16-5-17-40-21-15-36-31(40)25-38(24-30-34-13-14-35-30)23-28-8-6-27(7-9-28)22-32(41)42/h6-9,13-15,21,29H,3-5,10-12,16-20,22-26H2,1-2H3,(H,34,35)(H,41,42). The van der Waals surface area contributed by atoms with Crippen molar-refractivity contribution in [2.45, 2.75) is 91.0 Å². The van der Waals surface area contributed by atoms with Crippen LogP contribution in [0.4, 0.5) is 0 Å². The van der Waals surface area contributed by atoms with E-state index in [1.807, 2.05) is 36.7 Å². The zero-order valence-electron chi connectivity index (χ0n) is 25.5. The molecule has 0 amide bonds. The van der Waals surface area contributed by atoms with E-state index in [0.29, 0.717) is 18.5 Å². The van der Waals surface area contributed by atoms with E-state index < -0.39 is 5.97 Å². The number of nitrogens with zero attached hydrogens (tertiary/aromatic N) is 6. The van der Waals surface area contributed by atoms with Gasteiger partial charge in [0, 0.05) is 50.5 Å². The van der Waals surface area contributed by atoms with E-state index in [4.69, 9.17) is 10.1 Å². The number of benzene rings is 1. The molecule has 9 nitrogen and oxygen atoms in total. The molecular weight excluding hydrogens is 526 g/mol. The topological polar surface area (TPSA) is 93.5 Å². The Hall–Kier alpha value is -3.01. The minimum atomic E-state index is -0.809. The number of imidazole rings is 2. The van der Waals surface area contributed by atoms with Crippen molar-refractivity contribution in [3.8, 4) is 0 Å². The summed E-state index contributed by atoms with van der Waals surface area (Å²) in [5.74, 6) is 1.18. The summed E-state index contributed by atoms with van der Waals surface area (Å²) in [6.45, 7) is 14.0. The summed E-state index contributed by atoms with van der Waals surface area (Å²) < 4.78 is 2.31. The highest BCUT2D eigenvalue weighted by Gasteiger charge is 2.40. The van der Waals surface area contributed by atoms with Crippen molar-refractivity contribution in [2.24, 2.45) is 5.41 Å². The van der Waals surface area contributed by atoms with Gasteiger partial charge in [0.05, 0.1) is 19.5 Å². The number of likely N-dealkylation sites (tertiary alicyclic amines) is 2. The number of aliphatic carboxylic acids is 1. The van der Waals surface area contributed by atoms with Gasteiger partial charge in [-0.2, -0.15) is 0 Å². The highest BCUT2D eigenvalue weighted by molar-refractivity contribution is 5.70. The van der Waals surface area contributed by atoms with Gasteiger partial charge < -0.3 is 24.5 Å². The van der Waals surface area contributed by atoms with Crippen molar-refractivity contribution in [2.75, 3.05) is 32.7 Å². The maximum Gasteiger partial charge on any atom is 0.307 e. The molecule has 0 unspecified atom stereocenters. The van der Waals surface area contributed by atoms with Gasteiger partial charge in [-0.05, 0) is 81.2 Å². The summed E-state index contributed by atoms with van der Waals surface area (Å²) in [6.07, 6.45) is 15.5. The van der Waals surface area contributed by atoms with Gasteiger partial charge in [0.25, 0.3) is 0 Å². The van der Waals surface area contributed by atoms with Crippen molar-refractivity contribution in [1.82, 2.24) is 34.2 Å². The normalized spacial score (nSPS) is 17.6. The van der Waals surface area contributed by atoms with E-state index in [1.165, 1.54) is 58.3 Å². The van der Waals surface area contributed by atoms with Crippen molar-refractivity contribution >= 4 is 5.97 Å². The Balaban J connectivity index is 1.13. The Morgan fingerprint density at radius 3 is 2.40 bits per heavy atom. The van der Waals surface area contributed by atoms with Crippen molar-refractivity contribution in [3.05, 3.63) is 71.8 Å². The molecule has 42 heavy (non-hydrogen) atoms. The third-order valence-electron chi connectivity index (χ3n) is 9.59. The van der Waals surface area contributed by atoms with Gasteiger partial charge in [-0.1, -0.05) is 38.1 Å². The minimum Gasteiger partial charge on any atom is -0.481 e. The molecule has 0 aliphatic carbocycles. The smallest absolute Gasteiger partial charge is 0.307 e. The number of H-pyrrole nitrogens is 1. The third-order valence-corrected chi connectivity index (χ3v) is 9.59. The summed E-state index contributed by atoms with van der Waals surface area (Å²) in [7, 11) is 0. The fourth-order valence-corrected chi connectivity index (χ4v) is 7.11. The Morgan fingerprint density at radius 2 is 1.71 bits per heavy atom. The van der Waals surface area contributed by atoms with Crippen molar-refractivity contribution in [3.63, 3.8) is 0 Å². The Kier molecular flexibility index (Phi) is 10.5. The SMILES string of the molecule is CCC(CC)N1CCC2(CCN(CCCn3ccnc3CN(Cc3ccc(CC(=O)O)cc3)Cc3ncc[nH]3)C2)CC1. The minimum absolute atomic E-state index is 0.0448. The molecule has 2 aromatic heterocycles. The second-order valence-electron chi connectivity index (χ2n) is 12.5. The number of aromatic amines is 1. The van der Waals surface area contributed by atoms with Crippen LogP contribution in [-0.2, 0) is 37.4 Å². The van der Waals surface area contributed by atoms with Crippen LogP contribution in [0.25, 0.3) is 0 Å².